The summed E-state index contributed by atoms with van der Waals surface area (Å²) in [5.41, 5.74) is 2.67. The van der Waals surface area contributed by atoms with Gasteiger partial charge in [0.15, 0.2) is 0 Å². The van der Waals surface area contributed by atoms with E-state index >= 15 is 0 Å². The number of aliphatic hydroxyl groups excluding tert-OH is 1. The molecule has 0 aromatic heterocycles. The molecule has 2 aromatic carbocycles. The zero-order valence-electron chi connectivity index (χ0n) is 14.5. The maximum Gasteiger partial charge on any atom is 0.123 e. The molecule has 1 fully saturated rings. The molecule has 0 bridgehead atoms. The average molecular weight is 338 g/mol. The maximum atomic E-state index is 10.2. The number of hydrogen-bond donors (Lipinski definition) is 1. The summed E-state index contributed by atoms with van der Waals surface area (Å²) in [6.45, 7) is 1.19. The van der Waals surface area contributed by atoms with Crippen molar-refractivity contribution >= 4 is 0 Å². The van der Waals surface area contributed by atoms with Crippen molar-refractivity contribution in [1.29, 1.82) is 5.26 Å². The van der Waals surface area contributed by atoms with Crippen LogP contribution < -0.4 is 9.47 Å². The lowest BCUT2D eigenvalue weighted by Crippen LogP contribution is -2.24. The summed E-state index contributed by atoms with van der Waals surface area (Å²) >= 11 is 0. The number of hydrogen-bond acceptors (Lipinski definition) is 5. The SMILES string of the molecule is COc1cccc([C@H]2C[C@H](O)CN2Cc2cc(C#N)ccc2OC)c1. The van der Waals surface area contributed by atoms with Gasteiger partial charge in [-0.05, 0) is 42.3 Å². The fourth-order valence-corrected chi connectivity index (χ4v) is 3.44. The molecule has 0 aliphatic carbocycles. The molecule has 130 valence electrons. The Hall–Kier alpha value is -2.55. The number of β-amino-alcohol motifs (C(OH)–C–C–N with tert-alkyl or cyclic N) is 1. The maximum absolute atomic E-state index is 10.2. The molecule has 0 spiro atoms. The molecule has 5 nitrogen and oxygen atoms in total. The lowest BCUT2D eigenvalue weighted by molar-refractivity contribution is 0.172. The number of ether oxygens (including phenoxy) is 2. The molecule has 1 N–H and O–H groups in total. The van der Waals surface area contributed by atoms with Gasteiger partial charge in [-0.15, -0.1) is 0 Å². The second-order valence-corrected chi connectivity index (χ2v) is 6.25. The van der Waals surface area contributed by atoms with Crippen LogP contribution in [-0.2, 0) is 6.54 Å². The zero-order valence-corrected chi connectivity index (χ0v) is 14.5. The Morgan fingerprint density at radius 2 is 2.04 bits per heavy atom. The summed E-state index contributed by atoms with van der Waals surface area (Å²) in [5, 5.41) is 19.4. The Kier molecular flexibility index (Phi) is 5.22. The highest BCUT2D eigenvalue weighted by atomic mass is 16.5. The first-order chi connectivity index (χ1) is 12.1. The van der Waals surface area contributed by atoms with E-state index in [0.717, 1.165) is 22.6 Å². The predicted molar refractivity (Wildman–Crippen MR) is 94.5 cm³/mol. The second-order valence-electron chi connectivity index (χ2n) is 6.25. The van der Waals surface area contributed by atoms with Crippen molar-refractivity contribution in [1.82, 2.24) is 4.90 Å². The lowest BCUT2D eigenvalue weighted by Gasteiger charge is -2.25. The van der Waals surface area contributed by atoms with Crippen molar-refractivity contribution in [3.05, 3.63) is 59.2 Å². The van der Waals surface area contributed by atoms with Crippen molar-refractivity contribution in [3.63, 3.8) is 0 Å². The van der Waals surface area contributed by atoms with Gasteiger partial charge in [-0.25, -0.2) is 0 Å². The number of nitrogens with zero attached hydrogens (tertiary/aromatic N) is 2. The van der Waals surface area contributed by atoms with Crippen LogP contribution >= 0.6 is 0 Å². The molecule has 2 atom stereocenters. The third kappa shape index (κ3) is 3.76. The molecule has 0 saturated carbocycles. The third-order valence-corrected chi connectivity index (χ3v) is 4.64. The van der Waals surface area contributed by atoms with Gasteiger partial charge in [0.25, 0.3) is 0 Å². The quantitative estimate of drug-likeness (QED) is 0.908. The fraction of sp³-hybridized carbons (Fsp3) is 0.350. The van der Waals surface area contributed by atoms with Crippen molar-refractivity contribution in [2.24, 2.45) is 0 Å². The lowest BCUT2D eigenvalue weighted by atomic mass is 10.0. The van der Waals surface area contributed by atoms with E-state index in [1.54, 1.807) is 20.3 Å². The van der Waals surface area contributed by atoms with Gasteiger partial charge in [-0.3, -0.25) is 4.90 Å². The van der Waals surface area contributed by atoms with E-state index in [1.165, 1.54) is 0 Å². The van der Waals surface area contributed by atoms with Crippen molar-refractivity contribution in [2.75, 3.05) is 20.8 Å². The Bertz CT molecular complexity index is 785. The monoisotopic (exact) mass is 338 g/mol. The van der Waals surface area contributed by atoms with Crippen LogP contribution in [0.4, 0.5) is 0 Å². The molecule has 5 heteroatoms. The Morgan fingerprint density at radius 1 is 1.20 bits per heavy atom. The van der Waals surface area contributed by atoms with Crippen molar-refractivity contribution < 1.29 is 14.6 Å². The Labute approximate surface area is 148 Å². The van der Waals surface area contributed by atoms with Gasteiger partial charge in [0.2, 0.25) is 0 Å². The van der Waals surface area contributed by atoms with Crippen LogP contribution in [0.3, 0.4) is 0 Å². The molecule has 0 radical (unpaired) electrons. The highest BCUT2D eigenvalue weighted by molar-refractivity contribution is 5.42. The standard InChI is InChI=1S/C20H22N2O3/c1-24-18-5-3-4-15(9-18)19-10-17(23)13-22(19)12-16-8-14(11-21)6-7-20(16)25-2/h3-9,17,19,23H,10,12-13H2,1-2H3/t17-,19+/m0/s1. The first-order valence-corrected chi connectivity index (χ1v) is 8.27. The van der Waals surface area contributed by atoms with E-state index in [9.17, 15) is 5.11 Å². The predicted octanol–water partition coefficient (Wildman–Crippen LogP) is 2.88. The topological polar surface area (TPSA) is 65.7 Å². The zero-order chi connectivity index (χ0) is 17.8. The van der Waals surface area contributed by atoms with Crippen LogP contribution in [-0.4, -0.2) is 36.9 Å². The molecule has 2 aromatic rings. The van der Waals surface area contributed by atoms with Gasteiger partial charge in [0.1, 0.15) is 11.5 Å². The van der Waals surface area contributed by atoms with Crippen LogP contribution in [0.1, 0.15) is 29.2 Å². The molecule has 3 rings (SSSR count). The minimum absolute atomic E-state index is 0.0977. The second kappa shape index (κ2) is 7.56. The van der Waals surface area contributed by atoms with Crippen molar-refractivity contribution in [3.8, 4) is 17.6 Å². The molecule has 0 amide bonds. The Morgan fingerprint density at radius 3 is 2.76 bits per heavy atom. The number of rotatable bonds is 5. The summed E-state index contributed by atoms with van der Waals surface area (Å²) in [6.07, 6.45) is 0.300. The summed E-state index contributed by atoms with van der Waals surface area (Å²) in [4.78, 5) is 2.22. The van der Waals surface area contributed by atoms with E-state index in [-0.39, 0.29) is 12.1 Å². The van der Waals surface area contributed by atoms with E-state index in [0.29, 0.717) is 25.1 Å². The van der Waals surface area contributed by atoms with E-state index in [2.05, 4.69) is 17.0 Å². The summed E-state index contributed by atoms with van der Waals surface area (Å²) in [6, 6.07) is 15.6. The third-order valence-electron chi connectivity index (χ3n) is 4.64. The van der Waals surface area contributed by atoms with E-state index in [4.69, 9.17) is 14.7 Å². The number of aliphatic hydroxyl groups is 1. The normalized spacial score (nSPS) is 20.2. The molecule has 1 aliphatic heterocycles. The molecule has 1 heterocycles. The molecule has 1 aliphatic rings. The van der Waals surface area contributed by atoms with Gasteiger partial charge < -0.3 is 14.6 Å². The molecule has 25 heavy (non-hydrogen) atoms. The summed E-state index contributed by atoms with van der Waals surface area (Å²) < 4.78 is 10.8. The minimum atomic E-state index is -0.374. The van der Waals surface area contributed by atoms with E-state index < -0.39 is 0 Å². The van der Waals surface area contributed by atoms with Crippen LogP contribution in [0.2, 0.25) is 0 Å². The Balaban J connectivity index is 1.89. The fourth-order valence-electron chi connectivity index (χ4n) is 3.44. The van der Waals surface area contributed by atoms with Gasteiger partial charge in [-0.2, -0.15) is 5.26 Å². The summed E-state index contributed by atoms with van der Waals surface area (Å²) in [7, 11) is 3.28. The minimum Gasteiger partial charge on any atom is -0.497 e. The largest absolute Gasteiger partial charge is 0.497 e. The molecular formula is C20H22N2O3. The highest BCUT2D eigenvalue weighted by Gasteiger charge is 2.32. The van der Waals surface area contributed by atoms with Crippen LogP contribution in [0.15, 0.2) is 42.5 Å². The number of methoxy groups -OCH3 is 2. The van der Waals surface area contributed by atoms with Gasteiger partial charge >= 0.3 is 0 Å². The van der Waals surface area contributed by atoms with Gasteiger partial charge in [-0.1, -0.05) is 12.1 Å². The molecular weight excluding hydrogens is 316 g/mol. The summed E-state index contributed by atoms with van der Waals surface area (Å²) in [5.74, 6) is 1.56. The smallest absolute Gasteiger partial charge is 0.123 e. The van der Waals surface area contributed by atoms with Crippen molar-refractivity contribution in [2.45, 2.75) is 25.1 Å². The highest BCUT2D eigenvalue weighted by Crippen LogP contribution is 2.36. The average Bonchev–Trinajstić information content (AvgIpc) is 3.02. The van der Waals surface area contributed by atoms with Crippen LogP contribution in [0.5, 0.6) is 11.5 Å². The number of likely N-dealkylation sites (tertiary alicyclic amines) is 1. The van der Waals surface area contributed by atoms with Gasteiger partial charge in [0.05, 0.1) is 32.0 Å². The van der Waals surface area contributed by atoms with Gasteiger partial charge in [0, 0.05) is 24.7 Å². The molecule has 1 saturated heterocycles. The van der Waals surface area contributed by atoms with E-state index in [1.807, 2.05) is 30.3 Å². The van der Waals surface area contributed by atoms with Crippen LogP contribution in [0, 0.1) is 11.3 Å². The number of nitriles is 1. The first-order valence-electron chi connectivity index (χ1n) is 8.27. The first kappa shape index (κ1) is 17.3. The van der Waals surface area contributed by atoms with Crippen LogP contribution in [0.25, 0.3) is 0 Å². The number of benzene rings is 2. The molecule has 0 unspecified atom stereocenters.